The predicted molar refractivity (Wildman–Crippen MR) is 104 cm³/mol. The molecular weight excluding hydrogens is 355 g/mol. The smallest absolute Gasteiger partial charge is 0.369 e. The van der Waals surface area contributed by atoms with Crippen LogP contribution < -0.4 is 4.90 Å². The Hall–Kier alpha value is -1.96. The highest BCUT2D eigenvalue weighted by molar-refractivity contribution is 5.79. The van der Waals surface area contributed by atoms with Gasteiger partial charge in [0, 0.05) is 73.1 Å². The van der Waals surface area contributed by atoms with Gasteiger partial charge in [-0.2, -0.15) is 13.2 Å². The van der Waals surface area contributed by atoms with Gasteiger partial charge in [-0.1, -0.05) is 6.07 Å². The molecule has 152 valence electrons. The summed E-state index contributed by atoms with van der Waals surface area (Å²) in [5, 5.41) is 0. The summed E-state index contributed by atoms with van der Waals surface area (Å²) in [6.07, 6.45) is -3.33. The van der Waals surface area contributed by atoms with Crippen molar-refractivity contribution in [2.75, 3.05) is 72.4 Å². The zero-order chi connectivity index (χ0) is 20.0. The molecule has 0 amide bonds. The zero-order valence-electron chi connectivity index (χ0n) is 16.6. The summed E-state index contributed by atoms with van der Waals surface area (Å²) in [5.74, 6) is 0.948. The minimum Gasteiger partial charge on any atom is -0.369 e. The van der Waals surface area contributed by atoms with Crippen molar-refractivity contribution >= 4 is 11.6 Å². The SMILES string of the molecule is CN(C)C(=NCCCN1CCN(c2cccc(C(F)(F)F)c2)CC1)N(C)C. The second-order valence-electron chi connectivity index (χ2n) is 7.20. The van der Waals surface area contributed by atoms with Gasteiger partial charge in [-0.15, -0.1) is 0 Å². The maximum absolute atomic E-state index is 12.9. The minimum atomic E-state index is -4.30. The van der Waals surface area contributed by atoms with Gasteiger partial charge >= 0.3 is 6.18 Å². The number of rotatable bonds is 5. The zero-order valence-corrected chi connectivity index (χ0v) is 16.6. The molecule has 27 heavy (non-hydrogen) atoms. The van der Waals surface area contributed by atoms with Gasteiger partial charge in [-0.25, -0.2) is 0 Å². The largest absolute Gasteiger partial charge is 0.416 e. The van der Waals surface area contributed by atoms with Gasteiger partial charge in [0.1, 0.15) is 0 Å². The number of piperazine rings is 1. The lowest BCUT2D eigenvalue weighted by Crippen LogP contribution is -2.46. The molecule has 5 nitrogen and oxygen atoms in total. The molecular formula is C19H30F3N5. The summed E-state index contributed by atoms with van der Waals surface area (Å²) in [5.41, 5.74) is 0.0635. The van der Waals surface area contributed by atoms with Crippen LogP contribution in [-0.2, 0) is 6.18 Å². The van der Waals surface area contributed by atoms with E-state index in [-0.39, 0.29) is 0 Å². The van der Waals surface area contributed by atoms with Gasteiger partial charge in [0.15, 0.2) is 5.96 Å². The molecule has 0 bridgehead atoms. The molecule has 1 heterocycles. The monoisotopic (exact) mass is 385 g/mol. The quantitative estimate of drug-likeness (QED) is 0.442. The lowest BCUT2D eigenvalue weighted by Gasteiger charge is -2.36. The molecule has 0 N–H and O–H groups in total. The molecule has 0 saturated carbocycles. The van der Waals surface area contributed by atoms with Crippen LogP contribution in [-0.4, -0.2) is 88.1 Å². The number of hydrogen-bond acceptors (Lipinski definition) is 3. The van der Waals surface area contributed by atoms with Crippen LogP contribution in [0.25, 0.3) is 0 Å². The van der Waals surface area contributed by atoms with Crippen molar-refractivity contribution in [3.8, 4) is 0 Å². The van der Waals surface area contributed by atoms with E-state index in [1.54, 1.807) is 6.07 Å². The van der Waals surface area contributed by atoms with Crippen LogP contribution in [0.3, 0.4) is 0 Å². The Labute approximate surface area is 160 Å². The number of hydrogen-bond donors (Lipinski definition) is 0. The molecule has 8 heteroatoms. The van der Waals surface area contributed by atoms with Crippen molar-refractivity contribution < 1.29 is 13.2 Å². The summed E-state index contributed by atoms with van der Waals surface area (Å²) >= 11 is 0. The highest BCUT2D eigenvalue weighted by atomic mass is 19.4. The molecule has 0 unspecified atom stereocenters. The van der Waals surface area contributed by atoms with Crippen molar-refractivity contribution in [3.05, 3.63) is 29.8 Å². The molecule has 0 aliphatic carbocycles. The Bertz CT molecular complexity index is 610. The topological polar surface area (TPSA) is 25.3 Å². The molecule has 1 aromatic carbocycles. The third-order valence-corrected chi connectivity index (χ3v) is 4.60. The second-order valence-corrected chi connectivity index (χ2v) is 7.20. The average molecular weight is 385 g/mol. The highest BCUT2D eigenvalue weighted by Crippen LogP contribution is 2.31. The number of guanidine groups is 1. The third-order valence-electron chi connectivity index (χ3n) is 4.60. The van der Waals surface area contributed by atoms with Crippen molar-refractivity contribution in [3.63, 3.8) is 0 Å². The Kier molecular flexibility index (Phi) is 7.35. The van der Waals surface area contributed by atoms with Crippen LogP contribution in [0.4, 0.5) is 18.9 Å². The van der Waals surface area contributed by atoms with Gasteiger partial charge in [0.05, 0.1) is 5.56 Å². The lowest BCUT2D eigenvalue weighted by molar-refractivity contribution is -0.137. The van der Waals surface area contributed by atoms with E-state index in [0.29, 0.717) is 5.69 Å². The molecule has 1 fully saturated rings. The number of alkyl halides is 3. The first-order valence-corrected chi connectivity index (χ1v) is 9.22. The van der Waals surface area contributed by atoms with Gasteiger partial charge in [-0.3, -0.25) is 9.89 Å². The lowest BCUT2D eigenvalue weighted by atomic mass is 10.1. The molecule has 0 spiro atoms. The Morgan fingerprint density at radius 3 is 2.22 bits per heavy atom. The Balaban J connectivity index is 1.80. The Morgan fingerprint density at radius 1 is 1.04 bits per heavy atom. The van der Waals surface area contributed by atoms with E-state index in [9.17, 15) is 13.2 Å². The summed E-state index contributed by atoms with van der Waals surface area (Å²) in [6, 6.07) is 5.60. The van der Waals surface area contributed by atoms with E-state index < -0.39 is 11.7 Å². The first-order chi connectivity index (χ1) is 12.7. The molecule has 2 rings (SSSR count). The van der Waals surface area contributed by atoms with Crippen LogP contribution >= 0.6 is 0 Å². The average Bonchev–Trinajstić information content (AvgIpc) is 2.61. The fourth-order valence-corrected chi connectivity index (χ4v) is 3.26. The fourth-order valence-electron chi connectivity index (χ4n) is 3.26. The first-order valence-electron chi connectivity index (χ1n) is 9.22. The van der Waals surface area contributed by atoms with Crippen LogP contribution in [0, 0.1) is 0 Å². The van der Waals surface area contributed by atoms with E-state index in [2.05, 4.69) is 9.89 Å². The number of halogens is 3. The van der Waals surface area contributed by atoms with Crippen LogP contribution in [0.5, 0.6) is 0 Å². The van der Waals surface area contributed by atoms with Gasteiger partial charge in [0.2, 0.25) is 0 Å². The molecule has 0 radical (unpaired) electrons. The first kappa shape index (κ1) is 21.3. The van der Waals surface area contributed by atoms with Crippen molar-refractivity contribution in [2.24, 2.45) is 4.99 Å². The van der Waals surface area contributed by atoms with Crippen molar-refractivity contribution in [1.82, 2.24) is 14.7 Å². The van der Waals surface area contributed by atoms with Gasteiger partial charge in [0.25, 0.3) is 0 Å². The standard InChI is InChI=1S/C19H30F3N5/c1-24(2)18(25(3)4)23-9-6-10-26-11-13-27(14-12-26)17-8-5-7-16(15-17)19(20,21)22/h5,7-8,15H,6,9-14H2,1-4H3. The molecule has 1 aliphatic rings. The summed E-state index contributed by atoms with van der Waals surface area (Å²) in [4.78, 5) is 13.0. The Morgan fingerprint density at radius 2 is 1.67 bits per heavy atom. The van der Waals surface area contributed by atoms with Crippen LogP contribution in [0.1, 0.15) is 12.0 Å². The number of aliphatic imine (C=N–C) groups is 1. The summed E-state index contributed by atoms with van der Waals surface area (Å²) in [6.45, 7) is 4.91. The second kappa shape index (κ2) is 9.30. The summed E-state index contributed by atoms with van der Waals surface area (Å²) in [7, 11) is 7.91. The molecule has 1 aromatic rings. The number of benzene rings is 1. The van der Waals surface area contributed by atoms with E-state index in [0.717, 1.165) is 57.7 Å². The third kappa shape index (κ3) is 6.30. The van der Waals surface area contributed by atoms with Crippen molar-refractivity contribution in [1.29, 1.82) is 0 Å². The van der Waals surface area contributed by atoms with Crippen LogP contribution in [0.15, 0.2) is 29.3 Å². The van der Waals surface area contributed by atoms with E-state index in [1.165, 1.54) is 12.1 Å². The van der Waals surface area contributed by atoms with Crippen LogP contribution in [0.2, 0.25) is 0 Å². The molecule has 1 aliphatic heterocycles. The maximum atomic E-state index is 12.9. The molecule has 1 saturated heterocycles. The molecule has 0 aromatic heterocycles. The minimum absolute atomic E-state index is 0.585. The number of anilines is 1. The van der Waals surface area contributed by atoms with Crippen molar-refractivity contribution in [2.45, 2.75) is 12.6 Å². The highest BCUT2D eigenvalue weighted by Gasteiger charge is 2.31. The van der Waals surface area contributed by atoms with E-state index in [4.69, 9.17) is 0 Å². The van der Waals surface area contributed by atoms with Gasteiger partial charge < -0.3 is 14.7 Å². The summed E-state index contributed by atoms with van der Waals surface area (Å²) < 4.78 is 38.6. The fraction of sp³-hybridized carbons (Fsp3) is 0.632. The van der Waals surface area contributed by atoms with E-state index in [1.807, 2.05) is 42.9 Å². The predicted octanol–water partition coefficient (Wildman–Crippen LogP) is 2.70. The molecule has 0 atom stereocenters. The number of nitrogens with zero attached hydrogens (tertiary/aromatic N) is 5. The maximum Gasteiger partial charge on any atom is 0.416 e. The normalized spacial score (nSPS) is 15.6. The van der Waals surface area contributed by atoms with E-state index >= 15 is 0 Å². The van der Waals surface area contributed by atoms with Gasteiger partial charge in [-0.05, 0) is 24.6 Å².